The van der Waals surface area contributed by atoms with Gasteiger partial charge in [0.15, 0.2) is 0 Å². The number of sulfonamides is 1. The maximum absolute atomic E-state index is 11.9. The van der Waals surface area contributed by atoms with Crippen molar-refractivity contribution in [3.63, 3.8) is 0 Å². The molecule has 0 aliphatic rings. The van der Waals surface area contributed by atoms with Gasteiger partial charge in [0.25, 0.3) is 10.0 Å². The van der Waals surface area contributed by atoms with E-state index in [-0.39, 0.29) is 10.7 Å². The molecular formula is C9H11N5O2S. The van der Waals surface area contributed by atoms with Gasteiger partial charge in [-0.1, -0.05) is 0 Å². The summed E-state index contributed by atoms with van der Waals surface area (Å²) in [6.07, 6.45) is 4.32. The van der Waals surface area contributed by atoms with Crippen molar-refractivity contribution < 1.29 is 8.42 Å². The molecule has 7 nitrogen and oxygen atoms in total. The van der Waals surface area contributed by atoms with E-state index in [0.29, 0.717) is 5.69 Å². The standard InChI is InChI=1S/C9H11N5O2S/c1-14-6-7(5-12-14)13-17(15,16)8-2-3-11-9(10)4-8/h2-6,13H,1H3,(H2,10,11). The first-order chi connectivity index (χ1) is 7.97. The largest absolute Gasteiger partial charge is 0.384 e. The molecule has 0 fully saturated rings. The molecule has 90 valence electrons. The molecule has 0 aliphatic carbocycles. The van der Waals surface area contributed by atoms with E-state index < -0.39 is 10.0 Å². The number of nitrogens with zero attached hydrogens (tertiary/aromatic N) is 3. The summed E-state index contributed by atoms with van der Waals surface area (Å²) in [6.45, 7) is 0. The molecule has 0 aromatic carbocycles. The van der Waals surface area contributed by atoms with Crippen molar-refractivity contribution in [3.05, 3.63) is 30.7 Å². The van der Waals surface area contributed by atoms with Crippen LogP contribution in [0, 0.1) is 0 Å². The molecule has 0 amide bonds. The van der Waals surface area contributed by atoms with Gasteiger partial charge in [0.05, 0.1) is 16.8 Å². The van der Waals surface area contributed by atoms with Crippen LogP contribution in [0.15, 0.2) is 35.6 Å². The predicted molar refractivity (Wildman–Crippen MR) is 62.7 cm³/mol. The van der Waals surface area contributed by atoms with Crippen LogP contribution in [0.4, 0.5) is 11.5 Å². The zero-order valence-corrected chi connectivity index (χ0v) is 9.85. The van der Waals surface area contributed by atoms with Gasteiger partial charge in [-0.2, -0.15) is 5.10 Å². The number of nitrogens with two attached hydrogens (primary N) is 1. The van der Waals surface area contributed by atoms with E-state index in [1.807, 2.05) is 0 Å². The summed E-state index contributed by atoms with van der Waals surface area (Å²) >= 11 is 0. The second kappa shape index (κ2) is 4.06. The first-order valence-electron chi connectivity index (χ1n) is 4.70. The van der Waals surface area contributed by atoms with Crippen molar-refractivity contribution in [2.24, 2.45) is 7.05 Å². The highest BCUT2D eigenvalue weighted by Crippen LogP contribution is 2.15. The predicted octanol–water partition coefficient (Wildman–Crippen LogP) is 0.198. The zero-order valence-electron chi connectivity index (χ0n) is 9.03. The Bertz CT molecular complexity index is 634. The lowest BCUT2D eigenvalue weighted by Gasteiger charge is -2.05. The molecule has 2 aromatic rings. The quantitative estimate of drug-likeness (QED) is 0.813. The van der Waals surface area contributed by atoms with E-state index in [1.165, 1.54) is 29.2 Å². The van der Waals surface area contributed by atoms with Gasteiger partial charge in [-0.15, -0.1) is 0 Å². The van der Waals surface area contributed by atoms with Gasteiger partial charge in [0.1, 0.15) is 5.82 Å². The minimum atomic E-state index is -3.65. The smallest absolute Gasteiger partial charge is 0.262 e. The third-order valence-corrected chi connectivity index (χ3v) is 3.40. The van der Waals surface area contributed by atoms with Gasteiger partial charge in [0.2, 0.25) is 0 Å². The van der Waals surface area contributed by atoms with Crippen LogP contribution >= 0.6 is 0 Å². The molecule has 0 unspecified atom stereocenters. The number of aryl methyl sites for hydroxylation is 1. The molecule has 0 saturated carbocycles. The molecule has 0 saturated heterocycles. The second-order valence-corrected chi connectivity index (χ2v) is 5.11. The Kier molecular flexibility index (Phi) is 2.72. The van der Waals surface area contributed by atoms with Crippen LogP contribution in [-0.4, -0.2) is 23.2 Å². The highest BCUT2D eigenvalue weighted by atomic mass is 32.2. The van der Waals surface area contributed by atoms with Crippen molar-refractivity contribution in [3.8, 4) is 0 Å². The van der Waals surface area contributed by atoms with Crippen LogP contribution in [0.25, 0.3) is 0 Å². The molecule has 0 aliphatic heterocycles. The third kappa shape index (κ3) is 2.53. The van der Waals surface area contributed by atoms with E-state index in [0.717, 1.165) is 0 Å². The first kappa shape index (κ1) is 11.4. The molecule has 0 spiro atoms. The fraction of sp³-hybridized carbons (Fsp3) is 0.111. The molecule has 0 atom stereocenters. The zero-order chi connectivity index (χ0) is 12.5. The molecule has 3 N–H and O–H groups in total. The van der Waals surface area contributed by atoms with Crippen molar-refractivity contribution >= 4 is 21.5 Å². The van der Waals surface area contributed by atoms with Crippen molar-refractivity contribution in [1.29, 1.82) is 0 Å². The molecular weight excluding hydrogens is 242 g/mol. The Balaban J connectivity index is 2.31. The monoisotopic (exact) mass is 253 g/mol. The van der Waals surface area contributed by atoms with Crippen LogP contribution in [0.5, 0.6) is 0 Å². The fourth-order valence-electron chi connectivity index (χ4n) is 1.28. The molecule has 0 radical (unpaired) electrons. The summed E-state index contributed by atoms with van der Waals surface area (Å²) in [6, 6.07) is 2.66. The number of pyridine rings is 1. The molecule has 0 bridgehead atoms. The van der Waals surface area contributed by atoms with Crippen LogP contribution in [0.1, 0.15) is 0 Å². The molecule has 2 rings (SSSR count). The highest BCUT2D eigenvalue weighted by molar-refractivity contribution is 7.92. The van der Waals surface area contributed by atoms with E-state index in [4.69, 9.17) is 5.73 Å². The molecule has 8 heteroatoms. The number of anilines is 2. The van der Waals surface area contributed by atoms with Crippen molar-refractivity contribution in [2.75, 3.05) is 10.5 Å². The number of hydrogen-bond acceptors (Lipinski definition) is 5. The Hall–Kier alpha value is -2.09. The van der Waals surface area contributed by atoms with Crippen LogP contribution < -0.4 is 10.5 Å². The van der Waals surface area contributed by atoms with E-state index in [1.54, 1.807) is 13.2 Å². The summed E-state index contributed by atoms with van der Waals surface area (Å²) < 4.78 is 27.8. The topological polar surface area (TPSA) is 103 Å². The first-order valence-corrected chi connectivity index (χ1v) is 6.19. The van der Waals surface area contributed by atoms with Crippen molar-refractivity contribution in [1.82, 2.24) is 14.8 Å². The summed E-state index contributed by atoms with van der Waals surface area (Å²) in [5, 5.41) is 3.86. The number of aromatic nitrogens is 3. The Morgan fingerprint density at radius 2 is 2.24 bits per heavy atom. The highest BCUT2D eigenvalue weighted by Gasteiger charge is 2.15. The Labute approximate surface area is 98.3 Å². The lowest BCUT2D eigenvalue weighted by Crippen LogP contribution is -2.13. The Morgan fingerprint density at radius 1 is 1.47 bits per heavy atom. The van der Waals surface area contributed by atoms with Crippen LogP contribution in [-0.2, 0) is 17.1 Å². The summed E-state index contributed by atoms with van der Waals surface area (Å²) in [4.78, 5) is 3.80. The lowest BCUT2D eigenvalue weighted by atomic mass is 10.5. The summed E-state index contributed by atoms with van der Waals surface area (Å²) in [7, 11) is -1.95. The number of hydrogen-bond donors (Lipinski definition) is 2. The number of rotatable bonds is 3. The Morgan fingerprint density at radius 3 is 2.82 bits per heavy atom. The average molecular weight is 253 g/mol. The van der Waals surface area contributed by atoms with E-state index in [9.17, 15) is 8.42 Å². The van der Waals surface area contributed by atoms with Gasteiger partial charge < -0.3 is 5.73 Å². The summed E-state index contributed by atoms with van der Waals surface area (Å²) in [5.41, 5.74) is 5.82. The number of nitrogens with one attached hydrogen (secondary N) is 1. The van der Waals surface area contributed by atoms with E-state index in [2.05, 4.69) is 14.8 Å². The SMILES string of the molecule is Cn1cc(NS(=O)(=O)c2ccnc(N)c2)cn1. The van der Waals surface area contributed by atoms with Gasteiger partial charge in [0, 0.05) is 25.5 Å². The maximum Gasteiger partial charge on any atom is 0.262 e. The second-order valence-electron chi connectivity index (χ2n) is 3.42. The van der Waals surface area contributed by atoms with Crippen LogP contribution in [0.2, 0.25) is 0 Å². The summed E-state index contributed by atoms with van der Waals surface area (Å²) in [5.74, 6) is 0.152. The van der Waals surface area contributed by atoms with Gasteiger partial charge in [-0.25, -0.2) is 13.4 Å². The van der Waals surface area contributed by atoms with Crippen molar-refractivity contribution in [2.45, 2.75) is 4.90 Å². The average Bonchev–Trinajstić information content (AvgIpc) is 2.63. The normalized spacial score (nSPS) is 11.4. The molecule has 17 heavy (non-hydrogen) atoms. The van der Waals surface area contributed by atoms with Gasteiger partial charge >= 0.3 is 0 Å². The minimum absolute atomic E-state index is 0.0638. The van der Waals surface area contributed by atoms with E-state index >= 15 is 0 Å². The maximum atomic E-state index is 11.9. The van der Waals surface area contributed by atoms with Gasteiger partial charge in [-0.3, -0.25) is 9.40 Å². The van der Waals surface area contributed by atoms with Gasteiger partial charge in [-0.05, 0) is 6.07 Å². The lowest BCUT2D eigenvalue weighted by molar-refractivity contribution is 0.601. The fourth-order valence-corrected chi connectivity index (χ4v) is 2.33. The minimum Gasteiger partial charge on any atom is -0.384 e. The molecule has 2 aromatic heterocycles. The number of nitrogen functional groups attached to an aromatic ring is 1. The van der Waals surface area contributed by atoms with Crippen LogP contribution in [0.3, 0.4) is 0 Å². The third-order valence-electron chi connectivity index (χ3n) is 2.02. The molecule has 2 heterocycles.